The van der Waals surface area contributed by atoms with Crippen molar-refractivity contribution in [1.29, 1.82) is 0 Å². The van der Waals surface area contributed by atoms with E-state index in [0.717, 1.165) is 24.9 Å². The zero-order chi connectivity index (χ0) is 19.7. The Balaban J connectivity index is 0.00000240. The fourth-order valence-electron chi connectivity index (χ4n) is 3.91. The van der Waals surface area contributed by atoms with Gasteiger partial charge in [-0.1, -0.05) is 24.3 Å². The van der Waals surface area contributed by atoms with Gasteiger partial charge in [0.1, 0.15) is 0 Å². The minimum absolute atomic E-state index is 0. The maximum absolute atomic E-state index is 12.6. The lowest BCUT2D eigenvalue weighted by molar-refractivity contribution is 0.0642. The van der Waals surface area contributed by atoms with Gasteiger partial charge in [0.15, 0.2) is 0 Å². The minimum atomic E-state index is -0.292. The van der Waals surface area contributed by atoms with Crippen LogP contribution in [0.1, 0.15) is 56.4 Å². The summed E-state index contributed by atoms with van der Waals surface area (Å²) in [4.78, 5) is 39.0. The van der Waals surface area contributed by atoms with E-state index < -0.39 is 0 Å². The maximum atomic E-state index is 12.6. The van der Waals surface area contributed by atoms with Gasteiger partial charge in [-0.05, 0) is 56.1 Å². The number of carbonyl (C=O) groups excluding carboxylic acids is 3. The van der Waals surface area contributed by atoms with E-state index in [1.807, 2.05) is 6.07 Å². The summed E-state index contributed by atoms with van der Waals surface area (Å²) in [6.45, 7) is 3.16. The Labute approximate surface area is 176 Å². The Kier molecular flexibility index (Phi) is 6.35. The second-order valence-electron chi connectivity index (χ2n) is 7.49. The molecule has 2 heterocycles. The van der Waals surface area contributed by atoms with Crippen LogP contribution < -0.4 is 10.6 Å². The number of rotatable bonds is 4. The van der Waals surface area contributed by atoms with Gasteiger partial charge >= 0.3 is 0 Å². The fourth-order valence-corrected chi connectivity index (χ4v) is 3.91. The molecule has 2 aromatic rings. The summed E-state index contributed by atoms with van der Waals surface area (Å²) in [6, 6.07) is 14.5. The van der Waals surface area contributed by atoms with E-state index in [1.54, 1.807) is 42.5 Å². The van der Waals surface area contributed by atoms with E-state index in [1.165, 1.54) is 4.90 Å². The van der Waals surface area contributed by atoms with Crippen molar-refractivity contribution in [3.05, 3.63) is 70.8 Å². The summed E-state index contributed by atoms with van der Waals surface area (Å²) in [5.41, 5.74) is 2.16. The minimum Gasteiger partial charge on any atom is -0.349 e. The fraction of sp³-hybridized carbons (Fsp3) is 0.318. The van der Waals surface area contributed by atoms with Crippen molar-refractivity contribution in [2.75, 3.05) is 6.54 Å². The molecular formula is C22H24ClN3O3. The molecule has 0 bridgehead atoms. The van der Waals surface area contributed by atoms with Crippen molar-refractivity contribution in [2.24, 2.45) is 0 Å². The van der Waals surface area contributed by atoms with Gasteiger partial charge in [0.05, 0.1) is 17.7 Å². The Morgan fingerprint density at radius 1 is 1.10 bits per heavy atom. The first-order valence-electron chi connectivity index (χ1n) is 9.61. The number of piperidine rings is 1. The van der Waals surface area contributed by atoms with E-state index in [4.69, 9.17) is 0 Å². The Morgan fingerprint density at radius 3 is 2.45 bits per heavy atom. The molecule has 2 aromatic carbocycles. The van der Waals surface area contributed by atoms with Gasteiger partial charge in [0.2, 0.25) is 0 Å². The summed E-state index contributed by atoms with van der Waals surface area (Å²) < 4.78 is 0. The molecule has 0 radical (unpaired) electrons. The zero-order valence-electron chi connectivity index (χ0n) is 16.2. The van der Waals surface area contributed by atoms with Crippen molar-refractivity contribution in [1.82, 2.24) is 15.5 Å². The highest BCUT2D eigenvalue weighted by molar-refractivity contribution is 6.21. The lowest BCUT2D eigenvalue weighted by Crippen LogP contribution is -2.46. The first kappa shape index (κ1) is 21.0. The van der Waals surface area contributed by atoms with Gasteiger partial charge in [-0.3, -0.25) is 19.3 Å². The Hall–Kier alpha value is -2.70. The third-order valence-electron chi connectivity index (χ3n) is 5.37. The lowest BCUT2D eigenvalue weighted by Gasteiger charge is -2.28. The van der Waals surface area contributed by atoms with Gasteiger partial charge in [-0.25, -0.2) is 0 Å². The molecule has 2 unspecified atom stereocenters. The van der Waals surface area contributed by atoms with E-state index in [9.17, 15) is 14.4 Å². The van der Waals surface area contributed by atoms with Crippen LogP contribution in [0.5, 0.6) is 0 Å². The number of carbonyl (C=O) groups is 3. The number of hydrogen-bond acceptors (Lipinski definition) is 4. The second kappa shape index (κ2) is 8.76. The molecule has 0 saturated carbocycles. The number of imide groups is 1. The summed E-state index contributed by atoms with van der Waals surface area (Å²) in [5, 5.41) is 6.46. The normalized spacial score (nSPS) is 20.8. The highest BCUT2D eigenvalue weighted by Crippen LogP contribution is 2.24. The van der Waals surface area contributed by atoms with Crippen molar-refractivity contribution >= 4 is 30.1 Å². The molecule has 1 saturated heterocycles. The summed E-state index contributed by atoms with van der Waals surface area (Å²) in [7, 11) is 0. The molecule has 0 aliphatic carbocycles. The zero-order valence-corrected chi connectivity index (χ0v) is 17.0. The third-order valence-corrected chi connectivity index (χ3v) is 5.37. The largest absolute Gasteiger partial charge is 0.349 e. The quantitative estimate of drug-likeness (QED) is 0.755. The van der Waals surface area contributed by atoms with Crippen LogP contribution in [-0.2, 0) is 6.54 Å². The predicted molar refractivity (Wildman–Crippen MR) is 112 cm³/mol. The van der Waals surface area contributed by atoms with E-state index >= 15 is 0 Å². The first-order valence-corrected chi connectivity index (χ1v) is 9.61. The number of hydrogen-bond donors (Lipinski definition) is 2. The van der Waals surface area contributed by atoms with Gasteiger partial charge in [0.25, 0.3) is 17.7 Å². The molecule has 7 heteroatoms. The van der Waals surface area contributed by atoms with Crippen LogP contribution in [0.4, 0.5) is 0 Å². The van der Waals surface area contributed by atoms with Crippen molar-refractivity contribution in [2.45, 2.75) is 38.4 Å². The molecule has 2 atom stereocenters. The van der Waals surface area contributed by atoms with Crippen LogP contribution in [0, 0.1) is 0 Å². The Bertz CT molecular complexity index is 911. The molecule has 2 aliphatic heterocycles. The number of amides is 3. The number of nitrogens with zero attached hydrogens (tertiary/aromatic N) is 1. The molecule has 3 amide bonds. The van der Waals surface area contributed by atoms with Crippen LogP contribution in [0.15, 0.2) is 48.5 Å². The molecule has 0 aromatic heterocycles. The monoisotopic (exact) mass is 413 g/mol. The van der Waals surface area contributed by atoms with Gasteiger partial charge < -0.3 is 10.6 Å². The number of nitrogens with one attached hydrogen (secondary N) is 2. The summed E-state index contributed by atoms with van der Waals surface area (Å²) >= 11 is 0. The molecule has 152 valence electrons. The molecule has 1 fully saturated rings. The molecule has 4 rings (SSSR count). The van der Waals surface area contributed by atoms with E-state index in [-0.39, 0.29) is 42.7 Å². The SMILES string of the molecule is CC1CC(NC(=O)c2cccc(CN3C(=O)c4ccccc4C3=O)c2)CCN1.Cl. The second-order valence-corrected chi connectivity index (χ2v) is 7.49. The molecular weight excluding hydrogens is 390 g/mol. The molecule has 0 spiro atoms. The third kappa shape index (κ3) is 4.33. The van der Waals surface area contributed by atoms with Crippen molar-refractivity contribution in [3.63, 3.8) is 0 Å². The summed E-state index contributed by atoms with van der Waals surface area (Å²) in [6.07, 6.45) is 1.81. The highest BCUT2D eigenvalue weighted by atomic mass is 35.5. The van der Waals surface area contributed by atoms with Crippen LogP contribution in [0.3, 0.4) is 0 Å². The van der Waals surface area contributed by atoms with Crippen LogP contribution >= 0.6 is 12.4 Å². The summed E-state index contributed by atoms with van der Waals surface area (Å²) in [5.74, 6) is -0.707. The number of benzene rings is 2. The van der Waals surface area contributed by atoms with E-state index in [0.29, 0.717) is 22.7 Å². The molecule has 6 nitrogen and oxygen atoms in total. The standard InChI is InChI=1S/C22H23N3O3.ClH/c1-14-11-17(9-10-23-14)24-20(26)16-6-4-5-15(12-16)13-25-21(27)18-7-2-3-8-19(18)22(25)28;/h2-8,12,14,17,23H,9-11,13H2,1H3,(H,24,26);1H. The smallest absolute Gasteiger partial charge is 0.261 e. The molecule has 2 N–H and O–H groups in total. The number of halogens is 1. The van der Waals surface area contributed by atoms with Gasteiger partial charge in [-0.15, -0.1) is 12.4 Å². The van der Waals surface area contributed by atoms with Crippen molar-refractivity contribution in [3.8, 4) is 0 Å². The van der Waals surface area contributed by atoms with Crippen LogP contribution in [0.2, 0.25) is 0 Å². The van der Waals surface area contributed by atoms with Crippen molar-refractivity contribution < 1.29 is 14.4 Å². The lowest BCUT2D eigenvalue weighted by atomic mass is 10.00. The molecule has 29 heavy (non-hydrogen) atoms. The maximum Gasteiger partial charge on any atom is 0.261 e. The van der Waals surface area contributed by atoms with E-state index in [2.05, 4.69) is 17.6 Å². The molecule has 2 aliphatic rings. The van der Waals surface area contributed by atoms with Gasteiger partial charge in [0, 0.05) is 17.6 Å². The first-order chi connectivity index (χ1) is 13.5. The predicted octanol–water partition coefficient (Wildman–Crippen LogP) is 2.77. The Morgan fingerprint density at radius 2 is 1.79 bits per heavy atom. The highest BCUT2D eigenvalue weighted by Gasteiger charge is 2.35. The number of fused-ring (bicyclic) bond motifs is 1. The van der Waals surface area contributed by atoms with Crippen LogP contribution in [-0.4, -0.2) is 41.2 Å². The topological polar surface area (TPSA) is 78.5 Å². The average molecular weight is 414 g/mol. The average Bonchev–Trinajstić information content (AvgIpc) is 2.93. The van der Waals surface area contributed by atoms with Crippen LogP contribution in [0.25, 0.3) is 0 Å². The van der Waals surface area contributed by atoms with Gasteiger partial charge in [-0.2, -0.15) is 0 Å².